The SMILES string of the molecule is CCCCc1nc2ccc(N3C(=O)CN(Cc4ccccc4)C3=O)cc2n1Cc1ccc(-c2ccccc2)c(C(=O)OC(=O)C(F)(F)F)c1. The fourth-order valence-electron chi connectivity index (χ4n) is 5.84. The number of rotatable bonds is 10. The number of imidazole rings is 1. The van der Waals surface area contributed by atoms with E-state index in [1.165, 1.54) is 11.0 Å². The van der Waals surface area contributed by atoms with E-state index < -0.39 is 24.1 Å². The first kappa shape index (κ1) is 33.1. The van der Waals surface area contributed by atoms with Gasteiger partial charge in [0.25, 0.3) is 5.91 Å². The molecule has 0 saturated carbocycles. The topological polar surface area (TPSA) is 102 Å². The Morgan fingerprint density at radius 1 is 0.857 bits per heavy atom. The van der Waals surface area contributed by atoms with Crippen molar-refractivity contribution in [2.75, 3.05) is 11.4 Å². The summed E-state index contributed by atoms with van der Waals surface area (Å²) in [6.45, 7) is 2.39. The molecule has 12 heteroatoms. The molecular weight excluding hydrogens is 637 g/mol. The number of carbonyl (C=O) groups is 4. The third-order valence-corrected chi connectivity index (χ3v) is 8.22. The molecule has 0 atom stereocenters. The Morgan fingerprint density at radius 2 is 1.57 bits per heavy atom. The monoisotopic (exact) mass is 668 g/mol. The van der Waals surface area contributed by atoms with Crippen LogP contribution in [0.1, 0.15) is 47.1 Å². The smallest absolute Gasteiger partial charge is 0.383 e. The van der Waals surface area contributed by atoms with E-state index in [1.54, 1.807) is 60.7 Å². The summed E-state index contributed by atoms with van der Waals surface area (Å²) in [4.78, 5) is 58.6. The molecule has 250 valence electrons. The lowest BCUT2D eigenvalue weighted by Gasteiger charge is -2.18. The number of anilines is 1. The number of nitrogens with zero attached hydrogens (tertiary/aromatic N) is 4. The fraction of sp³-hybridized carbons (Fsp3) is 0.216. The van der Waals surface area contributed by atoms with Gasteiger partial charge in [-0.3, -0.25) is 4.79 Å². The van der Waals surface area contributed by atoms with Gasteiger partial charge in [-0.1, -0.05) is 86.1 Å². The maximum Gasteiger partial charge on any atom is 0.491 e. The van der Waals surface area contributed by atoms with Crippen LogP contribution in [0.4, 0.5) is 23.7 Å². The van der Waals surface area contributed by atoms with Crippen LogP contribution >= 0.6 is 0 Å². The molecule has 49 heavy (non-hydrogen) atoms. The summed E-state index contributed by atoms with van der Waals surface area (Å²) in [6, 6.07) is 27.3. The van der Waals surface area contributed by atoms with Crippen LogP contribution in [0.25, 0.3) is 22.2 Å². The summed E-state index contributed by atoms with van der Waals surface area (Å²) in [5, 5.41) is 0. The number of esters is 2. The van der Waals surface area contributed by atoms with Crippen LogP contribution in [-0.2, 0) is 33.8 Å². The number of hydrogen-bond donors (Lipinski definition) is 0. The van der Waals surface area contributed by atoms with Gasteiger partial charge >= 0.3 is 24.1 Å². The first-order valence-corrected chi connectivity index (χ1v) is 15.7. The zero-order chi connectivity index (χ0) is 34.7. The van der Waals surface area contributed by atoms with Crippen molar-refractivity contribution in [3.63, 3.8) is 0 Å². The minimum Gasteiger partial charge on any atom is -0.383 e. The van der Waals surface area contributed by atoms with Crippen LogP contribution in [0.2, 0.25) is 0 Å². The Bertz CT molecular complexity index is 2040. The Kier molecular flexibility index (Phi) is 9.30. The fourth-order valence-corrected chi connectivity index (χ4v) is 5.84. The third-order valence-electron chi connectivity index (χ3n) is 8.22. The number of unbranched alkanes of at least 4 members (excludes halogenated alkanes) is 1. The molecule has 1 saturated heterocycles. The number of aryl methyl sites for hydroxylation is 1. The van der Waals surface area contributed by atoms with Crippen molar-refractivity contribution >= 4 is 40.6 Å². The number of amides is 3. The maximum atomic E-state index is 13.4. The van der Waals surface area contributed by atoms with E-state index in [1.807, 2.05) is 41.8 Å². The van der Waals surface area contributed by atoms with Crippen LogP contribution in [0.3, 0.4) is 0 Å². The highest BCUT2D eigenvalue weighted by Crippen LogP contribution is 2.31. The molecule has 9 nitrogen and oxygen atoms in total. The molecule has 0 bridgehead atoms. The number of halogens is 3. The second-order valence-corrected chi connectivity index (χ2v) is 11.7. The van der Waals surface area contributed by atoms with Gasteiger partial charge in [-0.2, -0.15) is 13.2 Å². The normalized spacial score (nSPS) is 13.4. The number of imide groups is 1. The van der Waals surface area contributed by atoms with Crippen molar-refractivity contribution < 1.29 is 37.1 Å². The predicted molar refractivity (Wildman–Crippen MR) is 176 cm³/mol. The minimum absolute atomic E-state index is 0.0732. The highest BCUT2D eigenvalue weighted by atomic mass is 19.4. The van der Waals surface area contributed by atoms with Crippen LogP contribution < -0.4 is 4.90 Å². The lowest BCUT2D eigenvalue weighted by molar-refractivity contribution is -0.193. The number of fused-ring (bicyclic) bond motifs is 1. The highest BCUT2D eigenvalue weighted by molar-refractivity contribution is 6.20. The Hall–Kier alpha value is -5.78. The average Bonchev–Trinajstić information content (AvgIpc) is 3.57. The summed E-state index contributed by atoms with van der Waals surface area (Å²) in [5.74, 6) is -3.70. The first-order valence-electron chi connectivity index (χ1n) is 15.7. The quantitative estimate of drug-likeness (QED) is 0.0879. The molecule has 0 spiro atoms. The molecule has 1 fully saturated rings. The van der Waals surface area contributed by atoms with Crippen molar-refractivity contribution in [3.05, 3.63) is 120 Å². The number of aromatic nitrogens is 2. The average molecular weight is 669 g/mol. The molecule has 5 aromatic rings. The van der Waals surface area contributed by atoms with Crippen molar-refractivity contribution in [1.82, 2.24) is 14.5 Å². The van der Waals surface area contributed by atoms with E-state index in [-0.39, 0.29) is 31.1 Å². The Labute approximate surface area is 279 Å². The van der Waals surface area contributed by atoms with Crippen LogP contribution in [0.15, 0.2) is 97.1 Å². The van der Waals surface area contributed by atoms with Gasteiger partial charge in [-0.25, -0.2) is 24.3 Å². The number of carbonyl (C=O) groups excluding carboxylic acids is 4. The summed E-state index contributed by atoms with van der Waals surface area (Å²) in [6.07, 6.45) is -3.04. The number of urea groups is 1. The second kappa shape index (κ2) is 13.8. The van der Waals surface area contributed by atoms with Gasteiger partial charge in [-0.05, 0) is 52.9 Å². The van der Waals surface area contributed by atoms with Gasteiger partial charge < -0.3 is 14.2 Å². The standard InChI is InChI=1S/C37H31F3N4O5/c1-2-3-14-32-41-30-18-16-27(44-33(45)23-42(36(44)48)21-24-10-6-4-7-11-24)20-31(30)43(32)22-25-15-17-28(26-12-8-5-9-13-26)29(19-25)34(46)49-35(47)37(38,39)40/h4-13,15-20H,2-3,14,21-23H2,1H3. The Balaban J connectivity index is 1.37. The van der Waals surface area contributed by atoms with E-state index >= 15 is 0 Å². The molecule has 1 aliphatic rings. The zero-order valence-corrected chi connectivity index (χ0v) is 26.4. The van der Waals surface area contributed by atoms with E-state index in [2.05, 4.69) is 4.74 Å². The summed E-state index contributed by atoms with van der Waals surface area (Å²) in [7, 11) is 0. The molecule has 1 aromatic heterocycles. The summed E-state index contributed by atoms with van der Waals surface area (Å²) < 4.78 is 45.1. The molecule has 3 amide bonds. The number of ether oxygens (including phenoxy) is 1. The lowest BCUT2D eigenvalue weighted by Crippen LogP contribution is -2.32. The molecule has 0 unspecified atom stereocenters. The summed E-state index contributed by atoms with van der Waals surface area (Å²) in [5.41, 5.74) is 3.65. The third kappa shape index (κ3) is 7.08. The van der Waals surface area contributed by atoms with Crippen LogP contribution in [0, 0.1) is 0 Å². The predicted octanol–water partition coefficient (Wildman–Crippen LogP) is 7.31. The second-order valence-electron chi connectivity index (χ2n) is 11.7. The van der Waals surface area contributed by atoms with E-state index in [0.29, 0.717) is 45.7 Å². The van der Waals surface area contributed by atoms with Crippen LogP contribution in [-0.4, -0.2) is 51.0 Å². The molecule has 0 aliphatic carbocycles. The molecule has 0 N–H and O–H groups in total. The molecule has 2 heterocycles. The van der Waals surface area contributed by atoms with Crippen molar-refractivity contribution in [3.8, 4) is 11.1 Å². The minimum atomic E-state index is -5.35. The Morgan fingerprint density at radius 3 is 2.27 bits per heavy atom. The molecule has 4 aromatic carbocycles. The number of alkyl halides is 3. The van der Waals surface area contributed by atoms with E-state index in [0.717, 1.165) is 23.3 Å². The molecular formula is C37H31F3N4O5. The van der Waals surface area contributed by atoms with E-state index in [4.69, 9.17) is 4.98 Å². The van der Waals surface area contributed by atoms with Crippen molar-refractivity contribution in [1.29, 1.82) is 0 Å². The summed E-state index contributed by atoms with van der Waals surface area (Å²) >= 11 is 0. The van der Waals surface area contributed by atoms with Gasteiger partial charge in [0.2, 0.25) is 0 Å². The van der Waals surface area contributed by atoms with Gasteiger partial charge in [0.15, 0.2) is 0 Å². The number of hydrogen-bond acceptors (Lipinski definition) is 6. The lowest BCUT2D eigenvalue weighted by atomic mass is 9.97. The van der Waals surface area contributed by atoms with E-state index in [9.17, 15) is 32.3 Å². The van der Waals surface area contributed by atoms with Gasteiger partial charge in [0.05, 0.1) is 22.3 Å². The van der Waals surface area contributed by atoms with Crippen molar-refractivity contribution in [2.45, 2.75) is 45.5 Å². The molecule has 1 aliphatic heterocycles. The molecule has 6 rings (SSSR count). The molecule has 0 radical (unpaired) electrons. The maximum absolute atomic E-state index is 13.4. The largest absolute Gasteiger partial charge is 0.491 e. The number of benzene rings is 4. The first-order chi connectivity index (χ1) is 23.5. The van der Waals surface area contributed by atoms with Crippen molar-refractivity contribution in [2.24, 2.45) is 0 Å². The van der Waals surface area contributed by atoms with Crippen LogP contribution in [0.5, 0.6) is 0 Å². The van der Waals surface area contributed by atoms with Gasteiger partial charge in [-0.15, -0.1) is 0 Å². The van der Waals surface area contributed by atoms with Gasteiger partial charge in [0.1, 0.15) is 12.4 Å². The highest BCUT2D eigenvalue weighted by Gasteiger charge is 2.43. The van der Waals surface area contributed by atoms with Gasteiger partial charge in [0, 0.05) is 19.5 Å². The zero-order valence-electron chi connectivity index (χ0n) is 26.4.